The van der Waals surface area contributed by atoms with Gasteiger partial charge >= 0.3 is 0 Å². The molecule has 1 aliphatic rings. The van der Waals surface area contributed by atoms with Crippen molar-refractivity contribution in [2.75, 3.05) is 31.1 Å². The Hall–Kier alpha value is -2.18. The van der Waals surface area contributed by atoms with Gasteiger partial charge in [-0.2, -0.15) is 0 Å². The number of thiophene rings is 1. The first-order chi connectivity index (χ1) is 15.6. The van der Waals surface area contributed by atoms with Gasteiger partial charge in [-0.15, -0.1) is 11.3 Å². The number of hydrogen-bond donors (Lipinski definition) is 0. The van der Waals surface area contributed by atoms with Crippen molar-refractivity contribution in [3.8, 4) is 11.4 Å². The number of aryl methyl sites for hydroxylation is 1. The van der Waals surface area contributed by atoms with Gasteiger partial charge in [-0.3, -0.25) is 4.90 Å². The number of rotatable bonds is 5. The highest BCUT2D eigenvalue weighted by Crippen LogP contribution is 2.34. The van der Waals surface area contributed by atoms with Crippen molar-refractivity contribution in [2.45, 2.75) is 19.9 Å². The normalized spacial score (nSPS) is 14.9. The van der Waals surface area contributed by atoms with E-state index in [-0.39, 0.29) is 0 Å². The second-order valence-corrected chi connectivity index (χ2v) is 9.98. The van der Waals surface area contributed by atoms with Gasteiger partial charge in [0.15, 0.2) is 5.82 Å². The topological polar surface area (TPSA) is 32.3 Å². The van der Waals surface area contributed by atoms with Crippen LogP contribution in [0.3, 0.4) is 0 Å². The molecule has 0 bridgehead atoms. The summed E-state index contributed by atoms with van der Waals surface area (Å²) in [5.74, 6) is 1.85. The lowest BCUT2D eigenvalue weighted by Crippen LogP contribution is -2.46. The van der Waals surface area contributed by atoms with Crippen LogP contribution < -0.4 is 4.90 Å². The van der Waals surface area contributed by atoms with Crippen LogP contribution in [-0.2, 0) is 13.0 Å². The fourth-order valence-corrected chi connectivity index (χ4v) is 5.53. The monoisotopic (exact) mass is 482 g/mol. The van der Waals surface area contributed by atoms with Crippen LogP contribution >= 0.6 is 34.5 Å². The molecule has 0 spiro atoms. The molecule has 164 valence electrons. The highest BCUT2D eigenvalue weighted by molar-refractivity contribution is 7.18. The molecule has 1 fully saturated rings. The summed E-state index contributed by atoms with van der Waals surface area (Å²) in [5, 5.41) is 2.57. The van der Waals surface area contributed by atoms with Gasteiger partial charge in [0.2, 0.25) is 0 Å². The minimum absolute atomic E-state index is 0.674. The zero-order chi connectivity index (χ0) is 22.1. The van der Waals surface area contributed by atoms with Crippen LogP contribution in [0.2, 0.25) is 10.0 Å². The molecule has 32 heavy (non-hydrogen) atoms. The molecule has 2 aromatic carbocycles. The summed E-state index contributed by atoms with van der Waals surface area (Å²) in [6.45, 7) is 6.77. The Bertz CT molecular complexity index is 1230. The molecule has 0 aliphatic carbocycles. The summed E-state index contributed by atoms with van der Waals surface area (Å²) < 4.78 is 0. The molecule has 5 rings (SSSR count). The van der Waals surface area contributed by atoms with Gasteiger partial charge in [0, 0.05) is 53.2 Å². The first-order valence-electron chi connectivity index (χ1n) is 10.9. The second kappa shape index (κ2) is 9.36. The molecule has 7 heteroatoms. The van der Waals surface area contributed by atoms with Crippen molar-refractivity contribution < 1.29 is 0 Å². The predicted molar refractivity (Wildman–Crippen MR) is 136 cm³/mol. The molecule has 1 aliphatic heterocycles. The van der Waals surface area contributed by atoms with E-state index in [9.17, 15) is 0 Å². The molecule has 0 radical (unpaired) electrons. The van der Waals surface area contributed by atoms with Crippen molar-refractivity contribution in [2.24, 2.45) is 0 Å². The maximum absolute atomic E-state index is 6.39. The van der Waals surface area contributed by atoms with Gasteiger partial charge in [-0.05, 0) is 30.2 Å². The number of anilines is 1. The minimum atomic E-state index is 0.674. The Labute approximate surface area is 202 Å². The third-order valence-electron chi connectivity index (χ3n) is 5.88. The Morgan fingerprint density at radius 3 is 2.44 bits per heavy atom. The van der Waals surface area contributed by atoms with Crippen LogP contribution in [-0.4, -0.2) is 41.0 Å². The number of aromatic nitrogens is 2. The SMILES string of the molecule is CCc1cc2c(N3CCN(Cc4ccc(Cl)cc4Cl)CC3)nc(-c3ccccc3)nc2s1. The second-order valence-electron chi connectivity index (χ2n) is 8.02. The highest BCUT2D eigenvalue weighted by atomic mass is 35.5. The largest absolute Gasteiger partial charge is 0.353 e. The van der Waals surface area contributed by atoms with Gasteiger partial charge in [-0.1, -0.05) is 66.5 Å². The zero-order valence-corrected chi connectivity index (χ0v) is 20.2. The van der Waals surface area contributed by atoms with Crippen molar-refractivity contribution in [1.29, 1.82) is 0 Å². The Morgan fingerprint density at radius 2 is 1.72 bits per heavy atom. The van der Waals surface area contributed by atoms with E-state index in [2.05, 4.69) is 34.9 Å². The van der Waals surface area contributed by atoms with Gasteiger partial charge < -0.3 is 4.90 Å². The molecule has 1 saturated heterocycles. The molecular formula is C25H24Cl2N4S. The van der Waals surface area contributed by atoms with E-state index >= 15 is 0 Å². The maximum atomic E-state index is 6.39. The van der Waals surface area contributed by atoms with E-state index in [0.29, 0.717) is 5.02 Å². The van der Waals surface area contributed by atoms with Crippen LogP contribution in [0.15, 0.2) is 54.6 Å². The summed E-state index contributed by atoms with van der Waals surface area (Å²) >= 11 is 14.2. The van der Waals surface area contributed by atoms with E-state index in [1.807, 2.05) is 36.4 Å². The number of hydrogen-bond acceptors (Lipinski definition) is 5. The number of nitrogens with zero attached hydrogens (tertiary/aromatic N) is 4. The summed E-state index contributed by atoms with van der Waals surface area (Å²) in [5.41, 5.74) is 2.17. The van der Waals surface area contributed by atoms with Gasteiger partial charge in [0.25, 0.3) is 0 Å². The zero-order valence-electron chi connectivity index (χ0n) is 17.9. The number of benzene rings is 2. The molecule has 3 heterocycles. The lowest BCUT2D eigenvalue weighted by Gasteiger charge is -2.36. The number of piperazine rings is 1. The average molecular weight is 483 g/mol. The van der Waals surface area contributed by atoms with E-state index in [1.54, 1.807) is 11.3 Å². The Morgan fingerprint density at radius 1 is 0.938 bits per heavy atom. The van der Waals surface area contributed by atoms with Crippen molar-refractivity contribution in [3.63, 3.8) is 0 Å². The quantitative estimate of drug-likeness (QED) is 0.322. The van der Waals surface area contributed by atoms with E-state index in [4.69, 9.17) is 33.2 Å². The minimum Gasteiger partial charge on any atom is -0.353 e. The van der Waals surface area contributed by atoms with Crippen molar-refractivity contribution in [1.82, 2.24) is 14.9 Å². The van der Waals surface area contributed by atoms with Crippen LogP contribution in [0, 0.1) is 0 Å². The Kier molecular flexibility index (Phi) is 6.33. The van der Waals surface area contributed by atoms with Crippen LogP contribution in [0.4, 0.5) is 5.82 Å². The van der Waals surface area contributed by atoms with Gasteiger partial charge in [0.1, 0.15) is 10.6 Å². The summed E-state index contributed by atoms with van der Waals surface area (Å²) in [6, 6.07) is 18.3. The summed E-state index contributed by atoms with van der Waals surface area (Å²) in [7, 11) is 0. The van der Waals surface area contributed by atoms with Crippen molar-refractivity contribution >= 4 is 50.6 Å². The Balaban J connectivity index is 1.40. The molecule has 0 atom stereocenters. The summed E-state index contributed by atoms with van der Waals surface area (Å²) in [6.07, 6.45) is 1.01. The van der Waals surface area contributed by atoms with E-state index < -0.39 is 0 Å². The molecule has 2 aromatic heterocycles. The number of fused-ring (bicyclic) bond motifs is 1. The highest BCUT2D eigenvalue weighted by Gasteiger charge is 2.23. The molecule has 4 nitrogen and oxygen atoms in total. The molecule has 0 amide bonds. The maximum Gasteiger partial charge on any atom is 0.163 e. The molecule has 4 aromatic rings. The first kappa shape index (κ1) is 21.7. The molecular weight excluding hydrogens is 459 g/mol. The average Bonchev–Trinajstić information content (AvgIpc) is 3.25. The predicted octanol–water partition coefficient (Wildman–Crippen LogP) is 6.55. The smallest absolute Gasteiger partial charge is 0.163 e. The van der Waals surface area contributed by atoms with Crippen LogP contribution in [0.5, 0.6) is 0 Å². The third-order valence-corrected chi connectivity index (χ3v) is 7.65. The fourth-order valence-electron chi connectivity index (χ4n) is 4.10. The molecule has 0 saturated carbocycles. The van der Waals surface area contributed by atoms with Crippen LogP contribution in [0.1, 0.15) is 17.4 Å². The van der Waals surface area contributed by atoms with Gasteiger partial charge in [-0.25, -0.2) is 9.97 Å². The first-order valence-corrected chi connectivity index (χ1v) is 12.4. The van der Waals surface area contributed by atoms with Gasteiger partial charge in [0.05, 0.1) is 5.39 Å². The van der Waals surface area contributed by atoms with E-state index in [1.165, 1.54) is 10.3 Å². The standard InChI is InChI=1S/C25H24Cl2N4S/c1-2-20-15-21-24(28-23(29-25(21)32-20)17-6-4-3-5-7-17)31-12-10-30(11-13-31)16-18-8-9-19(26)14-22(18)27/h3-9,14-15H,2,10-13,16H2,1H3. The van der Waals surface area contributed by atoms with E-state index in [0.717, 1.165) is 71.8 Å². The van der Waals surface area contributed by atoms with Crippen LogP contribution in [0.25, 0.3) is 21.6 Å². The number of halogens is 2. The third kappa shape index (κ3) is 4.48. The molecule has 0 N–H and O–H groups in total. The summed E-state index contributed by atoms with van der Waals surface area (Å²) in [4.78, 5) is 17.2. The fraction of sp³-hybridized carbons (Fsp3) is 0.280. The lowest BCUT2D eigenvalue weighted by atomic mass is 10.2. The van der Waals surface area contributed by atoms with Crippen molar-refractivity contribution in [3.05, 3.63) is 75.1 Å². The lowest BCUT2D eigenvalue weighted by molar-refractivity contribution is 0.249. The molecule has 0 unspecified atom stereocenters.